The van der Waals surface area contributed by atoms with Gasteiger partial charge in [-0.2, -0.15) is 0 Å². The summed E-state index contributed by atoms with van der Waals surface area (Å²) in [5.41, 5.74) is 0. The molecule has 3 fully saturated rings. The number of piperazine rings is 1. The molecule has 3 rings (SSSR count). The molecule has 2 aliphatic heterocycles. The number of hydrogen-bond acceptors (Lipinski definition) is 2. The molecule has 1 aliphatic carbocycles. The molecule has 0 aromatic heterocycles. The largest absolute Gasteiger partial charge is 0.329 e. The normalized spacial score (nSPS) is 37.3. The van der Waals surface area contributed by atoms with Gasteiger partial charge in [-0.3, -0.25) is 9.59 Å². The highest BCUT2D eigenvalue weighted by molar-refractivity contribution is 5.97. The minimum Gasteiger partial charge on any atom is -0.329 e. The second-order valence-corrected chi connectivity index (χ2v) is 7.54. The van der Waals surface area contributed by atoms with E-state index in [-0.39, 0.29) is 35.9 Å². The summed E-state index contributed by atoms with van der Waals surface area (Å²) in [7, 11) is 0. The zero-order valence-electron chi connectivity index (χ0n) is 13.5. The molecular formula is C17H28N2O2. The highest BCUT2D eigenvalue weighted by Gasteiger charge is 2.50. The van der Waals surface area contributed by atoms with Gasteiger partial charge >= 0.3 is 0 Å². The van der Waals surface area contributed by atoms with Gasteiger partial charge in [0, 0.05) is 12.6 Å². The van der Waals surface area contributed by atoms with Crippen LogP contribution in [-0.2, 0) is 9.59 Å². The first-order valence-electron chi connectivity index (χ1n) is 8.63. The molecular weight excluding hydrogens is 264 g/mol. The number of carbonyl (C=O) groups is 2. The zero-order valence-corrected chi connectivity index (χ0v) is 13.5. The van der Waals surface area contributed by atoms with Crippen molar-refractivity contribution < 1.29 is 9.59 Å². The van der Waals surface area contributed by atoms with Crippen molar-refractivity contribution in [3.05, 3.63) is 0 Å². The maximum atomic E-state index is 13.0. The van der Waals surface area contributed by atoms with Gasteiger partial charge in [-0.1, -0.05) is 20.8 Å². The lowest BCUT2D eigenvalue weighted by Gasteiger charge is -2.48. The molecule has 4 heteroatoms. The molecule has 0 N–H and O–H groups in total. The van der Waals surface area contributed by atoms with Gasteiger partial charge < -0.3 is 9.80 Å². The Morgan fingerprint density at radius 2 is 1.67 bits per heavy atom. The summed E-state index contributed by atoms with van der Waals surface area (Å²) in [6.07, 6.45) is 6.33. The Morgan fingerprint density at radius 1 is 1.00 bits per heavy atom. The zero-order chi connectivity index (χ0) is 15.1. The van der Waals surface area contributed by atoms with Crippen LogP contribution < -0.4 is 0 Å². The molecule has 2 amide bonds. The van der Waals surface area contributed by atoms with E-state index in [1.54, 1.807) is 0 Å². The molecule has 2 saturated heterocycles. The standard InChI is InChI=1S/C17H28N2O2/c1-11(2)15-17(21)18-10-4-5-14(18)16(20)19(15)13-8-6-12(3)7-9-13/h11-15H,4-10H2,1-3H3. The second-order valence-electron chi connectivity index (χ2n) is 7.54. The smallest absolute Gasteiger partial charge is 0.246 e. The molecule has 0 bridgehead atoms. The first kappa shape index (κ1) is 14.9. The maximum absolute atomic E-state index is 13.0. The van der Waals surface area contributed by atoms with Crippen molar-refractivity contribution in [3.8, 4) is 0 Å². The Labute approximate surface area is 127 Å². The van der Waals surface area contributed by atoms with Gasteiger partial charge in [0.15, 0.2) is 0 Å². The highest BCUT2D eigenvalue weighted by atomic mass is 16.2. The van der Waals surface area contributed by atoms with Gasteiger partial charge in [-0.15, -0.1) is 0 Å². The van der Waals surface area contributed by atoms with Crippen LogP contribution in [0, 0.1) is 11.8 Å². The second kappa shape index (κ2) is 5.62. The fourth-order valence-corrected chi connectivity index (χ4v) is 4.42. The lowest BCUT2D eigenvalue weighted by molar-refractivity contribution is -0.165. The number of hydrogen-bond donors (Lipinski definition) is 0. The summed E-state index contributed by atoms with van der Waals surface area (Å²) < 4.78 is 0. The van der Waals surface area contributed by atoms with Crippen LogP contribution >= 0.6 is 0 Å². The van der Waals surface area contributed by atoms with E-state index in [2.05, 4.69) is 20.8 Å². The van der Waals surface area contributed by atoms with E-state index in [4.69, 9.17) is 0 Å². The fraction of sp³-hybridized carbons (Fsp3) is 0.882. The monoisotopic (exact) mass is 292 g/mol. The van der Waals surface area contributed by atoms with Crippen molar-refractivity contribution >= 4 is 11.8 Å². The van der Waals surface area contributed by atoms with Gasteiger partial charge in [0.05, 0.1) is 0 Å². The van der Waals surface area contributed by atoms with E-state index in [1.807, 2.05) is 9.80 Å². The molecule has 0 spiro atoms. The van der Waals surface area contributed by atoms with Gasteiger partial charge in [0.25, 0.3) is 0 Å². The summed E-state index contributed by atoms with van der Waals surface area (Å²) in [4.78, 5) is 29.7. The molecule has 3 aliphatic rings. The van der Waals surface area contributed by atoms with E-state index in [1.165, 1.54) is 12.8 Å². The van der Waals surface area contributed by atoms with Gasteiger partial charge in [0.2, 0.25) is 11.8 Å². The number of nitrogens with zero attached hydrogens (tertiary/aromatic N) is 2. The Bertz CT molecular complexity index is 427. The summed E-state index contributed by atoms with van der Waals surface area (Å²) >= 11 is 0. The topological polar surface area (TPSA) is 40.6 Å². The Balaban J connectivity index is 1.87. The Morgan fingerprint density at radius 3 is 2.29 bits per heavy atom. The molecule has 0 radical (unpaired) electrons. The van der Waals surface area contributed by atoms with E-state index >= 15 is 0 Å². The summed E-state index contributed by atoms with van der Waals surface area (Å²) in [6, 6.07) is -0.107. The van der Waals surface area contributed by atoms with Crippen molar-refractivity contribution in [1.82, 2.24) is 9.80 Å². The van der Waals surface area contributed by atoms with Crippen molar-refractivity contribution in [2.45, 2.75) is 77.4 Å². The van der Waals surface area contributed by atoms with Crippen LogP contribution in [0.1, 0.15) is 59.3 Å². The maximum Gasteiger partial charge on any atom is 0.246 e. The predicted molar refractivity (Wildman–Crippen MR) is 81.6 cm³/mol. The predicted octanol–water partition coefficient (Wildman–Crippen LogP) is 2.42. The first-order chi connectivity index (χ1) is 10.0. The molecule has 2 heterocycles. The lowest BCUT2D eigenvalue weighted by Crippen LogP contribution is -2.66. The van der Waals surface area contributed by atoms with Crippen LogP contribution in [0.5, 0.6) is 0 Å². The molecule has 1 saturated carbocycles. The van der Waals surface area contributed by atoms with Crippen LogP contribution in [0.3, 0.4) is 0 Å². The van der Waals surface area contributed by atoms with Crippen LogP contribution in [0.4, 0.5) is 0 Å². The summed E-state index contributed by atoms with van der Waals surface area (Å²) in [5.74, 6) is 1.38. The van der Waals surface area contributed by atoms with Crippen LogP contribution in [0.2, 0.25) is 0 Å². The molecule has 0 aromatic rings. The average Bonchev–Trinajstić information content (AvgIpc) is 2.93. The fourth-order valence-electron chi connectivity index (χ4n) is 4.42. The third-order valence-electron chi connectivity index (χ3n) is 5.64. The minimum atomic E-state index is -0.231. The summed E-state index contributed by atoms with van der Waals surface area (Å²) in [5, 5.41) is 0. The van der Waals surface area contributed by atoms with Crippen molar-refractivity contribution in [1.29, 1.82) is 0 Å². The Kier molecular flexibility index (Phi) is 3.98. The van der Waals surface area contributed by atoms with E-state index < -0.39 is 0 Å². The molecule has 4 nitrogen and oxygen atoms in total. The SMILES string of the molecule is CC1CCC(N2C(=O)C3CCCN3C(=O)C2C(C)C)CC1. The molecule has 0 aromatic carbocycles. The Hall–Kier alpha value is -1.06. The van der Waals surface area contributed by atoms with Gasteiger partial charge in [0.1, 0.15) is 12.1 Å². The number of amides is 2. The number of rotatable bonds is 2. The molecule has 118 valence electrons. The van der Waals surface area contributed by atoms with E-state index in [0.717, 1.165) is 38.1 Å². The number of fused-ring (bicyclic) bond motifs is 1. The molecule has 21 heavy (non-hydrogen) atoms. The quantitative estimate of drug-likeness (QED) is 0.784. The number of carbonyl (C=O) groups excluding carboxylic acids is 2. The molecule has 2 atom stereocenters. The minimum absolute atomic E-state index is 0.160. The summed E-state index contributed by atoms with van der Waals surface area (Å²) in [6.45, 7) is 7.21. The van der Waals surface area contributed by atoms with E-state index in [0.29, 0.717) is 0 Å². The van der Waals surface area contributed by atoms with Crippen LogP contribution in [-0.4, -0.2) is 46.3 Å². The van der Waals surface area contributed by atoms with Crippen LogP contribution in [0.25, 0.3) is 0 Å². The van der Waals surface area contributed by atoms with Crippen molar-refractivity contribution in [2.75, 3.05) is 6.54 Å². The van der Waals surface area contributed by atoms with Crippen molar-refractivity contribution in [2.24, 2.45) is 11.8 Å². The third-order valence-corrected chi connectivity index (χ3v) is 5.64. The van der Waals surface area contributed by atoms with Crippen molar-refractivity contribution in [3.63, 3.8) is 0 Å². The van der Waals surface area contributed by atoms with Crippen LogP contribution in [0.15, 0.2) is 0 Å². The third kappa shape index (κ3) is 2.47. The highest BCUT2D eigenvalue weighted by Crippen LogP contribution is 2.36. The molecule has 2 unspecified atom stereocenters. The van der Waals surface area contributed by atoms with Gasteiger partial charge in [-0.05, 0) is 50.4 Å². The average molecular weight is 292 g/mol. The lowest BCUT2D eigenvalue weighted by atomic mass is 9.83. The first-order valence-corrected chi connectivity index (χ1v) is 8.63. The van der Waals surface area contributed by atoms with Gasteiger partial charge in [-0.25, -0.2) is 0 Å². The van der Waals surface area contributed by atoms with E-state index in [9.17, 15) is 9.59 Å².